The summed E-state index contributed by atoms with van der Waals surface area (Å²) in [4.78, 5) is 51.4. The summed E-state index contributed by atoms with van der Waals surface area (Å²) < 4.78 is 0.286. The third-order valence-electron chi connectivity index (χ3n) is 4.80. The number of hydrogen-bond acceptors (Lipinski definition) is 8. The molecule has 154 valence electrons. The number of Topliss-reactive ketones (excluding diaryl/α,β-unsaturated/α-hetero) is 1. The van der Waals surface area contributed by atoms with Crippen molar-refractivity contribution in [1.29, 1.82) is 5.26 Å². The first kappa shape index (κ1) is 20.5. The van der Waals surface area contributed by atoms with E-state index in [1.54, 1.807) is 30.3 Å². The molecule has 0 aromatic heterocycles. The number of amides is 2. The summed E-state index contributed by atoms with van der Waals surface area (Å²) in [6.45, 7) is 3.04. The molecular formula is C21H13N3O5S2. The monoisotopic (exact) mass is 451 g/mol. The Bertz CT molecular complexity index is 1610. The van der Waals surface area contributed by atoms with Crippen LogP contribution in [-0.2, 0) is 14.4 Å². The van der Waals surface area contributed by atoms with Gasteiger partial charge in [-0.05, 0) is 26.0 Å². The fourth-order valence-corrected chi connectivity index (χ4v) is 5.94. The fourth-order valence-electron chi connectivity index (χ4n) is 3.39. The number of benzene rings is 1. The van der Waals surface area contributed by atoms with E-state index in [0.29, 0.717) is 5.69 Å². The fraction of sp³-hybridized carbons (Fsp3) is 0.0952. The van der Waals surface area contributed by atoms with E-state index in [4.69, 9.17) is 5.73 Å². The van der Waals surface area contributed by atoms with Gasteiger partial charge in [0.25, 0.3) is 11.8 Å². The summed E-state index contributed by atoms with van der Waals surface area (Å²) in [7, 11) is 0. The molecule has 2 amide bonds. The summed E-state index contributed by atoms with van der Waals surface area (Å²) in [5, 5.41) is 20.1. The Morgan fingerprint density at radius 1 is 1.13 bits per heavy atom. The molecule has 1 aromatic rings. The quantitative estimate of drug-likeness (QED) is 0.593. The van der Waals surface area contributed by atoms with Gasteiger partial charge in [0, 0.05) is 5.69 Å². The minimum absolute atomic E-state index is 0.0301. The van der Waals surface area contributed by atoms with Gasteiger partial charge < -0.3 is 10.8 Å². The Labute approximate surface area is 182 Å². The van der Waals surface area contributed by atoms with Crippen LogP contribution in [0.1, 0.15) is 12.5 Å². The molecule has 0 saturated heterocycles. The van der Waals surface area contributed by atoms with E-state index >= 15 is 0 Å². The lowest BCUT2D eigenvalue weighted by Crippen LogP contribution is -2.28. The van der Waals surface area contributed by atoms with Crippen LogP contribution in [0, 0.1) is 27.3 Å². The highest BCUT2D eigenvalue weighted by atomic mass is 32.2. The minimum atomic E-state index is -0.961. The van der Waals surface area contributed by atoms with Gasteiger partial charge in [0.1, 0.15) is 21.2 Å². The molecule has 0 fully saturated rings. The van der Waals surface area contributed by atoms with Crippen molar-refractivity contribution in [2.75, 3.05) is 4.90 Å². The molecule has 3 aliphatic rings. The maximum Gasteiger partial charge on any atom is 0.267 e. The van der Waals surface area contributed by atoms with E-state index < -0.39 is 23.0 Å². The Kier molecular flexibility index (Phi) is 4.72. The molecule has 4 rings (SSSR count). The summed E-state index contributed by atoms with van der Waals surface area (Å²) in [6.07, 6.45) is 0. The lowest BCUT2D eigenvalue weighted by molar-refractivity contribution is -0.117. The van der Waals surface area contributed by atoms with Crippen molar-refractivity contribution in [3.05, 3.63) is 58.2 Å². The molecule has 1 aromatic carbocycles. The highest BCUT2D eigenvalue weighted by Crippen LogP contribution is 2.37. The number of rotatable bonds is 3. The second-order valence-electron chi connectivity index (χ2n) is 6.81. The predicted octanol–water partition coefficient (Wildman–Crippen LogP) is 0.486. The minimum Gasteiger partial charge on any atom is -0.504 e. The molecule has 2 heterocycles. The number of carbonyl (C=O) groups excluding carboxylic acids is 3. The lowest BCUT2D eigenvalue weighted by atomic mass is 10.1. The van der Waals surface area contributed by atoms with Crippen LogP contribution in [0.25, 0.3) is 11.1 Å². The Hall–Kier alpha value is -3.81. The zero-order chi connectivity index (χ0) is 22.6. The van der Waals surface area contributed by atoms with Gasteiger partial charge in [-0.2, -0.15) is 5.26 Å². The van der Waals surface area contributed by atoms with Gasteiger partial charge in [-0.15, -0.1) is 22.7 Å². The smallest absolute Gasteiger partial charge is 0.267 e. The number of nitrogens with zero attached hydrogens (tertiary/aromatic N) is 2. The normalized spacial score (nSPS) is 13.9. The molecule has 8 nitrogen and oxygen atoms in total. The molecular weight excluding hydrogens is 438 g/mol. The third-order valence-corrected chi connectivity index (χ3v) is 7.41. The zero-order valence-corrected chi connectivity index (χ0v) is 17.8. The highest BCUT2D eigenvalue weighted by Gasteiger charge is 2.37. The third kappa shape index (κ3) is 2.94. The number of anilines is 2. The van der Waals surface area contributed by atoms with Crippen LogP contribution in [0.4, 0.5) is 11.4 Å². The number of carbonyl (C=O) groups is 3. The topological polar surface area (TPSA) is 142 Å². The van der Waals surface area contributed by atoms with Gasteiger partial charge in [0.2, 0.25) is 5.43 Å². The average Bonchev–Trinajstić information content (AvgIpc) is 3.27. The first-order valence-corrected chi connectivity index (χ1v) is 10.5. The van der Waals surface area contributed by atoms with Crippen molar-refractivity contribution in [1.82, 2.24) is 0 Å². The van der Waals surface area contributed by atoms with Crippen LogP contribution >= 0.6 is 22.7 Å². The SMILES string of the molecule is CC(=O)C1=c2c(c(O)c3s/c(=C(/C#N)C(N)=O)sc=3c2=O)N(c2ccc(C)cc2)C1=O. The molecule has 1 aliphatic carbocycles. The number of fused-ring (bicyclic) bond motifs is 1. The van der Waals surface area contributed by atoms with Crippen molar-refractivity contribution in [3.63, 3.8) is 0 Å². The van der Waals surface area contributed by atoms with Crippen LogP contribution in [-0.4, -0.2) is 22.7 Å². The molecule has 31 heavy (non-hydrogen) atoms. The number of nitrogens with two attached hydrogens (primary N) is 1. The van der Waals surface area contributed by atoms with Gasteiger partial charge in [0.15, 0.2) is 11.5 Å². The van der Waals surface area contributed by atoms with E-state index in [2.05, 4.69) is 0 Å². The van der Waals surface area contributed by atoms with Crippen LogP contribution in [0.5, 0.6) is 5.75 Å². The van der Waals surface area contributed by atoms with E-state index in [0.717, 1.165) is 33.1 Å². The Morgan fingerprint density at radius 3 is 2.29 bits per heavy atom. The largest absolute Gasteiger partial charge is 0.504 e. The van der Waals surface area contributed by atoms with Gasteiger partial charge in [-0.1, -0.05) is 17.7 Å². The van der Waals surface area contributed by atoms with Crippen molar-refractivity contribution in [2.24, 2.45) is 5.73 Å². The van der Waals surface area contributed by atoms with Gasteiger partial charge in [-0.25, -0.2) is 0 Å². The van der Waals surface area contributed by atoms with Gasteiger partial charge >= 0.3 is 0 Å². The Morgan fingerprint density at radius 2 is 1.74 bits per heavy atom. The van der Waals surface area contributed by atoms with Crippen molar-refractivity contribution in [2.45, 2.75) is 13.8 Å². The highest BCUT2D eigenvalue weighted by molar-refractivity contribution is 7.25. The van der Waals surface area contributed by atoms with E-state index in [1.165, 1.54) is 6.92 Å². The first-order valence-electron chi connectivity index (χ1n) is 8.86. The number of ketones is 1. The van der Waals surface area contributed by atoms with Crippen LogP contribution < -0.4 is 25.1 Å². The number of primary amides is 1. The summed E-state index contributed by atoms with van der Waals surface area (Å²) in [5.41, 5.74) is 5.17. The second kappa shape index (κ2) is 7.16. The predicted molar refractivity (Wildman–Crippen MR) is 115 cm³/mol. The molecule has 0 bridgehead atoms. The van der Waals surface area contributed by atoms with E-state index in [9.17, 15) is 29.5 Å². The van der Waals surface area contributed by atoms with Crippen molar-refractivity contribution < 1.29 is 19.5 Å². The van der Waals surface area contributed by atoms with E-state index in [1.807, 2.05) is 6.92 Å². The lowest BCUT2D eigenvalue weighted by Gasteiger charge is -2.19. The van der Waals surface area contributed by atoms with Gasteiger partial charge in [-0.3, -0.25) is 24.1 Å². The summed E-state index contributed by atoms with van der Waals surface area (Å²) in [6, 6.07) is 8.51. The maximum atomic E-state index is 13.3. The molecule has 0 unspecified atom stereocenters. The Balaban J connectivity index is 2.21. The van der Waals surface area contributed by atoms with Crippen LogP contribution in [0.15, 0.2) is 29.1 Å². The number of aryl methyl sites for hydroxylation is 1. The van der Waals surface area contributed by atoms with Crippen LogP contribution in [0.3, 0.4) is 0 Å². The molecule has 10 heteroatoms. The standard InChI is InChI=1S/C21H13N3O5S2/c1-8-3-5-10(6-4-8)24-14-13(12(9(2)25)20(24)29)15(26)17-18(16(14)27)31-21(30-17)11(7-22)19(23)28/h3-6,27H,1-2H3,(H2,23,28)/b21-11-. The van der Waals surface area contributed by atoms with E-state index in [-0.39, 0.29) is 40.7 Å². The van der Waals surface area contributed by atoms with Gasteiger partial charge in [0.05, 0.1) is 19.9 Å². The average molecular weight is 451 g/mol. The molecule has 0 atom stereocenters. The molecule has 2 aliphatic heterocycles. The summed E-state index contributed by atoms with van der Waals surface area (Å²) in [5.74, 6) is -2.66. The van der Waals surface area contributed by atoms with Crippen molar-refractivity contribution >= 4 is 62.8 Å². The maximum absolute atomic E-state index is 13.3. The zero-order valence-electron chi connectivity index (χ0n) is 16.2. The number of hydrogen-bond donors (Lipinski definition) is 2. The molecule has 3 N–H and O–H groups in total. The van der Waals surface area contributed by atoms with Crippen LogP contribution in [0.2, 0.25) is 0 Å². The second-order valence-corrected chi connectivity index (χ2v) is 9.11. The summed E-state index contributed by atoms with van der Waals surface area (Å²) >= 11 is 1.66. The number of nitriles is 1. The first-order chi connectivity index (χ1) is 14.7. The molecule has 0 saturated carbocycles. The number of aromatic hydroxyl groups is 1. The molecule has 0 radical (unpaired) electrons. The molecule has 0 spiro atoms. The van der Waals surface area contributed by atoms with Crippen molar-refractivity contribution in [3.8, 4) is 11.8 Å².